The van der Waals surface area contributed by atoms with Crippen LogP contribution in [0.25, 0.3) is 0 Å². The Labute approximate surface area is 101 Å². The first-order valence-electron chi connectivity index (χ1n) is 5.90. The first-order valence-corrected chi connectivity index (χ1v) is 5.90. The molecule has 1 aliphatic rings. The van der Waals surface area contributed by atoms with E-state index in [9.17, 15) is 9.90 Å². The van der Waals surface area contributed by atoms with Gasteiger partial charge in [0.2, 0.25) is 0 Å². The third-order valence-corrected chi connectivity index (χ3v) is 3.42. The van der Waals surface area contributed by atoms with Crippen molar-refractivity contribution in [2.24, 2.45) is 5.92 Å². The van der Waals surface area contributed by atoms with Crippen LogP contribution >= 0.6 is 0 Å². The monoisotopic (exact) mass is 234 g/mol. The van der Waals surface area contributed by atoms with Crippen LogP contribution in [0.2, 0.25) is 0 Å². The highest BCUT2D eigenvalue weighted by molar-refractivity contribution is 5.71. The second-order valence-electron chi connectivity index (χ2n) is 5.34. The van der Waals surface area contributed by atoms with E-state index in [2.05, 4.69) is 18.2 Å². The molecule has 3 heteroatoms. The van der Waals surface area contributed by atoms with Crippen LogP contribution in [-0.4, -0.2) is 21.8 Å². The van der Waals surface area contributed by atoms with Crippen LogP contribution in [0.15, 0.2) is 18.2 Å². The first kappa shape index (κ1) is 12.1. The predicted octanol–water partition coefficient (Wildman–Crippen LogP) is 2.07. The van der Waals surface area contributed by atoms with E-state index in [-0.39, 0.29) is 5.92 Å². The molecule has 0 spiro atoms. The topological polar surface area (TPSA) is 57.5 Å². The van der Waals surface area contributed by atoms with Gasteiger partial charge in [-0.05, 0) is 32.3 Å². The number of hydrogen-bond acceptors (Lipinski definition) is 2. The molecule has 0 unspecified atom stereocenters. The van der Waals surface area contributed by atoms with E-state index in [1.54, 1.807) is 0 Å². The average molecular weight is 234 g/mol. The average Bonchev–Trinajstić information content (AvgIpc) is 2.11. The fraction of sp³-hybridized carbons (Fsp3) is 0.500. The van der Waals surface area contributed by atoms with Crippen LogP contribution in [0.1, 0.15) is 29.5 Å². The van der Waals surface area contributed by atoms with E-state index in [4.69, 9.17) is 5.11 Å². The van der Waals surface area contributed by atoms with E-state index >= 15 is 0 Å². The van der Waals surface area contributed by atoms with Gasteiger partial charge in [0.05, 0.1) is 11.5 Å². The predicted molar refractivity (Wildman–Crippen MR) is 64.9 cm³/mol. The van der Waals surface area contributed by atoms with E-state index in [1.165, 1.54) is 11.1 Å². The Kier molecular flexibility index (Phi) is 2.96. The summed E-state index contributed by atoms with van der Waals surface area (Å²) in [6, 6.07) is 6.20. The Balaban J connectivity index is 2.04. The zero-order chi connectivity index (χ0) is 12.6. The van der Waals surface area contributed by atoms with E-state index in [0.717, 1.165) is 5.56 Å². The Morgan fingerprint density at radius 1 is 1.29 bits per heavy atom. The summed E-state index contributed by atoms with van der Waals surface area (Å²) in [5, 5.41) is 19.0. The number of carboxylic acid groups (broad SMARTS) is 1. The summed E-state index contributed by atoms with van der Waals surface area (Å²) >= 11 is 0. The van der Waals surface area contributed by atoms with Gasteiger partial charge in [0.25, 0.3) is 0 Å². The summed E-state index contributed by atoms with van der Waals surface area (Å²) in [6.07, 6.45) is 1.30. The summed E-state index contributed by atoms with van der Waals surface area (Å²) in [6.45, 7) is 4.06. The van der Waals surface area contributed by atoms with Crippen molar-refractivity contribution >= 4 is 5.97 Å². The lowest BCUT2D eigenvalue weighted by atomic mass is 9.68. The summed E-state index contributed by atoms with van der Waals surface area (Å²) in [5.74, 6) is -1.17. The lowest BCUT2D eigenvalue weighted by Gasteiger charge is -2.41. The Bertz CT molecular complexity index is 425. The third kappa shape index (κ3) is 2.67. The maximum atomic E-state index is 10.7. The molecule has 3 nitrogen and oxygen atoms in total. The van der Waals surface area contributed by atoms with Gasteiger partial charge < -0.3 is 10.2 Å². The van der Waals surface area contributed by atoms with Gasteiger partial charge >= 0.3 is 5.97 Å². The van der Waals surface area contributed by atoms with Crippen molar-refractivity contribution in [2.75, 3.05) is 0 Å². The molecule has 2 N–H and O–H groups in total. The molecule has 17 heavy (non-hydrogen) atoms. The molecule has 0 saturated heterocycles. The number of aliphatic hydroxyl groups is 1. The molecule has 0 aliphatic heterocycles. The van der Waals surface area contributed by atoms with Crippen molar-refractivity contribution in [3.05, 3.63) is 34.9 Å². The minimum atomic E-state index is -0.816. The number of rotatable bonds is 3. The second kappa shape index (κ2) is 4.15. The van der Waals surface area contributed by atoms with Crippen LogP contribution < -0.4 is 0 Å². The summed E-state index contributed by atoms with van der Waals surface area (Å²) in [5.41, 5.74) is 2.63. The molecule has 1 saturated carbocycles. The molecular formula is C14H18O3. The zero-order valence-corrected chi connectivity index (χ0v) is 10.2. The molecule has 1 aliphatic carbocycles. The maximum absolute atomic E-state index is 10.7. The molecule has 2 rings (SSSR count). The number of aliphatic carboxylic acids is 1. The van der Waals surface area contributed by atoms with Gasteiger partial charge in [0.1, 0.15) is 0 Å². The molecule has 1 fully saturated rings. The van der Waals surface area contributed by atoms with Crippen molar-refractivity contribution in [3.8, 4) is 0 Å². The summed E-state index contributed by atoms with van der Waals surface area (Å²) in [7, 11) is 0. The zero-order valence-electron chi connectivity index (χ0n) is 10.2. The van der Waals surface area contributed by atoms with Gasteiger partial charge in [0.15, 0.2) is 0 Å². The Morgan fingerprint density at radius 3 is 2.29 bits per heavy atom. The normalized spacial score (nSPS) is 27.6. The molecule has 1 aromatic rings. The number of carbonyl (C=O) groups is 1. The molecule has 92 valence electrons. The molecule has 0 radical (unpaired) electrons. The van der Waals surface area contributed by atoms with Crippen molar-refractivity contribution in [1.82, 2.24) is 0 Å². The molecular weight excluding hydrogens is 216 g/mol. The maximum Gasteiger partial charge on any atom is 0.306 e. The smallest absolute Gasteiger partial charge is 0.306 e. The standard InChI is InChI=1S/C14H18O3/c1-9-3-10(2)5-11(4-9)6-14(17)7-12(8-14)13(15)16/h3-5,12,17H,6-8H2,1-2H3,(H,15,16). The first-order chi connectivity index (χ1) is 7.88. The quantitative estimate of drug-likeness (QED) is 0.841. The van der Waals surface area contributed by atoms with Crippen LogP contribution in [0.4, 0.5) is 0 Å². The van der Waals surface area contributed by atoms with Gasteiger partial charge in [-0.15, -0.1) is 0 Å². The van der Waals surface area contributed by atoms with Gasteiger partial charge in [0, 0.05) is 6.42 Å². The lowest BCUT2D eigenvalue weighted by molar-refractivity contribution is -0.158. The largest absolute Gasteiger partial charge is 0.481 e. The molecule has 0 heterocycles. The van der Waals surface area contributed by atoms with Crippen LogP contribution in [-0.2, 0) is 11.2 Å². The minimum absolute atomic E-state index is 0.370. The van der Waals surface area contributed by atoms with Crippen molar-refractivity contribution in [1.29, 1.82) is 0 Å². The Hall–Kier alpha value is -1.35. The van der Waals surface area contributed by atoms with Gasteiger partial charge in [-0.25, -0.2) is 0 Å². The summed E-state index contributed by atoms with van der Waals surface area (Å²) < 4.78 is 0. The molecule has 0 atom stereocenters. The molecule has 0 amide bonds. The number of carboxylic acids is 1. The summed E-state index contributed by atoms with van der Waals surface area (Å²) in [4.78, 5) is 10.7. The fourth-order valence-electron chi connectivity index (χ4n) is 2.73. The molecule has 0 aromatic heterocycles. The Morgan fingerprint density at radius 2 is 1.82 bits per heavy atom. The van der Waals surface area contributed by atoms with E-state index < -0.39 is 11.6 Å². The number of aryl methyl sites for hydroxylation is 2. The highest BCUT2D eigenvalue weighted by atomic mass is 16.4. The SMILES string of the molecule is Cc1cc(C)cc(CC2(O)CC(C(=O)O)C2)c1. The molecule has 1 aromatic carbocycles. The van der Waals surface area contributed by atoms with Crippen LogP contribution in [0.5, 0.6) is 0 Å². The second-order valence-corrected chi connectivity index (χ2v) is 5.34. The number of benzene rings is 1. The van der Waals surface area contributed by atoms with Crippen LogP contribution in [0, 0.1) is 19.8 Å². The number of hydrogen-bond donors (Lipinski definition) is 2. The highest BCUT2D eigenvalue weighted by Crippen LogP contribution is 2.40. The molecule has 0 bridgehead atoms. The minimum Gasteiger partial charge on any atom is -0.481 e. The van der Waals surface area contributed by atoms with Crippen molar-refractivity contribution in [3.63, 3.8) is 0 Å². The van der Waals surface area contributed by atoms with Crippen LogP contribution in [0.3, 0.4) is 0 Å². The highest BCUT2D eigenvalue weighted by Gasteiger charge is 2.46. The fourth-order valence-corrected chi connectivity index (χ4v) is 2.73. The van der Waals surface area contributed by atoms with E-state index in [1.807, 2.05) is 13.8 Å². The van der Waals surface area contributed by atoms with Crippen molar-refractivity contribution < 1.29 is 15.0 Å². The third-order valence-electron chi connectivity index (χ3n) is 3.42. The lowest BCUT2D eigenvalue weighted by Crippen LogP contribution is -2.48. The van der Waals surface area contributed by atoms with Crippen molar-refractivity contribution in [2.45, 2.75) is 38.7 Å². The van der Waals surface area contributed by atoms with Gasteiger partial charge in [-0.1, -0.05) is 29.3 Å². The van der Waals surface area contributed by atoms with Gasteiger partial charge in [-0.2, -0.15) is 0 Å². The van der Waals surface area contributed by atoms with Gasteiger partial charge in [-0.3, -0.25) is 4.79 Å². The van der Waals surface area contributed by atoms with E-state index in [0.29, 0.717) is 19.3 Å².